The van der Waals surface area contributed by atoms with Gasteiger partial charge in [0.1, 0.15) is 5.01 Å². The molecule has 3 rings (SSSR count). The second-order valence-electron chi connectivity index (χ2n) is 4.04. The Morgan fingerprint density at radius 2 is 1.95 bits per heavy atom. The smallest absolute Gasteiger partial charge is 0.265 e. The lowest BCUT2D eigenvalue weighted by molar-refractivity contribution is 0.0954. The minimum atomic E-state index is -0.295. The zero-order valence-corrected chi connectivity index (χ0v) is 10.8. The zero-order chi connectivity index (χ0) is 13.2. The van der Waals surface area contributed by atoms with Gasteiger partial charge >= 0.3 is 0 Å². The first-order valence-corrected chi connectivity index (χ1v) is 6.56. The molecule has 0 aliphatic rings. The average molecular weight is 269 g/mol. The molecule has 0 aliphatic heterocycles. The van der Waals surface area contributed by atoms with Crippen LogP contribution in [0.4, 0.5) is 0 Å². The minimum absolute atomic E-state index is 0.295. The van der Waals surface area contributed by atoms with E-state index in [-0.39, 0.29) is 5.91 Å². The van der Waals surface area contributed by atoms with Gasteiger partial charge in [-0.3, -0.25) is 10.2 Å². The van der Waals surface area contributed by atoms with Gasteiger partial charge in [-0.25, -0.2) is 10.8 Å². The summed E-state index contributed by atoms with van der Waals surface area (Å²) >= 11 is 1.56. The number of benzene rings is 2. The number of hydrogen-bond acceptors (Lipinski definition) is 4. The number of rotatable bonds is 2. The summed E-state index contributed by atoms with van der Waals surface area (Å²) in [5.41, 5.74) is 4.63. The minimum Gasteiger partial charge on any atom is -0.290 e. The number of aromatic nitrogens is 1. The van der Waals surface area contributed by atoms with Crippen LogP contribution in [0.5, 0.6) is 0 Å². The van der Waals surface area contributed by atoms with Crippen LogP contribution >= 0.6 is 11.3 Å². The largest absolute Gasteiger partial charge is 0.290 e. The second-order valence-corrected chi connectivity index (χ2v) is 5.07. The van der Waals surface area contributed by atoms with E-state index in [0.717, 1.165) is 20.8 Å². The first-order valence-electron chi connectivity index (χ1n) is 5.75. The van der Waals surface area contributed by atoms with E-state index >= 15 is 0 Å². The molecule has 0 saturated carbocycles. The zero-order valence-electron chi connectivity index (χ0n) is 9.96. The van der Waals surface area contributed by atoms with Gasteiger partial charge in [0.05, 0.1) is 10.2 Å². The normalized spacial score (nSPS) is 10.6. The summed E-state index contributed by atoms with van der Waals surface area (Å²) in [6.07, 6.45) is 0. The maximum absolute atomic E-state index is 11.5. The topological polar surface area (TPSA) is 68.0 Å². The summed E-state index contributed by atoms with van der Waals surface area (Å²) < 4.78 is 0.972. The van der Waals surface area contributed by atoms with E-state index in [2.05, 4.69) is 10.4 Å². The Labute approximate surface area is 113 Å². The molecule has 0 fully saturated rings. The number of nitrogens with two attached hydrogens (primary N) is 1. The quantitative estimate of drug-likeness (QED) is 0.427. The highest BCUT2D eigenvalue weighted by Gasteiger charge is 2.09. The van der Waals surface area contributed by atoms with Crippen molar-refractivity contribution >= 4 is 27.5 Å². The Hall–Kier alpha value is -2.24. The number of amides is 1. The molecule has 0 unspecified atom stereocenters. The maximum Gasteiger partial charge on any atom is 0.265 e. The third-order valence-corrected chi connectivity index (χ3v) is 3.87. The lowest BCUT2D eigenvalue weighted by Crippen LogP contribution is -2.29. The molecule has 1 amide bonds. The van der Waals surface area contributed by atoms with Crippen LogP contribution in [0, 0.1) is 0 Å². The predicted octanol–water partition coefficient (Wildman–Crippen LogP) is 2.57. The summed E-state index contributed by atoms with van der Waals surface area (Å²) in [5, 5.41) is 0.945. The molecule has 3 N–H and O–H groups in total. The van der Waals surface area contributed by atoms with Crippen LogP contribution < -0.4 is 11.3 Å². The van der Waals surface area contributed by atoms with Crippen molar-refractivity contribution in [1.29, 1.82) is 0 Å². The van der Waals surface area contributed by atoms with E-state index < -0.39 is 0 Å². The molecule has 5 heteroatoms. The molecule has 4 nitrogen and oxygen atoms in total. The summed E-state index contributed by atoms with van der Waals surface area (Å²) in [7, 11) is 0. The van der Waals surface area contributed by atoms with Crippen molar-refractivity contribution in [2.45, 2.75) is 0 Å². The fourth-order valence-electron chi connectivity index (χ4n) is 1.85. The molecule has 0 atom stereocenters. The van der Waals surface area contributed by atoms with Gasteiger partial charge in [0.2, 0.25) is 0 Å². The van der Waals surface area contributed by atoms with Gasteiger partial charge in [0.15, 0.2) is 0 Å². The number of nitrogen functional groups attached to an aromatic ring is 1. The Bertz CT molecular complexity index is 737. The van der Waals surface area contributed by atoms with E-state index in [0.29, 0.717) is 5.56 Å². The Morgan fingerprint density at radius 1 is 1.16 bits per heavy atom. The van der Waals surface area contributed by atoms with Crippen LogP contribution in [0.2, 0.25) is 0 Å². The maximum atomic E-state index is 11.5. The SMILES string of the molecule is NNC(=O)c1ccc2nc(-c3ccccc3)sc2c1. The second kappa shape index (κ2) is 4.79. The van der Waals surface area contributed by atoms with E-state index in [1.807, 2.05) is 42.5 Å². The summed E-state index contributed by atoms with van der Waals surface area (Å²) in [5.74, 6) is 4.84. The third kappa shape index (κ3) is 2.21. The van der Waals surface area contributed by atoms with Gasteiger partial charge in [-0.2, -0.15) is 0 Å². The van der Waals surface area contributed by atoms with Crippen LogP contribution in [0.25, 0.3) is 20.8 Å². The molecule has 0 saturated heterocycles. The van der Waals surface area contributed by atoms with Crippen molar-refractivity contribution in [3.63, 3.8) is 0 Å². The number of nitrogens with zero attached hydrogens (tertiary/aromatic N) is 1. The van der Waals surface area contributed by atoms with Crippen LogP contribution in [0.3, 0.4) is 0 Å². The molecule has 0 spiro atoms. The van der Waals surface area contributed by atoms with Gasteiger partial charge in [-0.05, 0) is 18.2 Å². The fraction of sp³-hybridized carbons (Fsp3) is 0. The molecule has 0 bridgehead atoms. The number of carbonyl (C=O) groups is 1. The van der Waals surface area contributed by atoms with Crippen molar-refractivity contribution in [1.82, 2.24) is 10.4 Å². The summed E-state index contributed by atoms with van der Waals surface area (Å²) in [4.78, 5) is 16.0. The highest BCUT2D eigenvalue weighted by molar-refractivity contribution is 7.21. The van der Waals surface area contributed by atoms with E-state index in [1.54, 1.807) is 17.4 Å². The third-order valence-electron chi connectivity index (χ3n) is 2.80. The fourth-order valence-corrected chi connectivity index (χ4v) is 2.86. The molecule has 19 heavy (non-hydrogen) atoms. The first-order chi connectivity index (χ1) is 9.28. The molecular formula is C14H11N3OS. The van der Waals surface area contributed by atoms with Crippen LogP contribution in [0.15, 0.2) is 48.5 Å². The Morgan fingerprint density at radius 3 is 2.68 bits per heavy atom. The lowest BCUT2D eigenvalue weighted by Gasteiger charge is -1.97. The Balaban J connectivity index is 2.09. The van der Waals surface area contributed by atoms with Crippen LogP contribution in [-0.4, -0.2) is 10.9 Å². The van der Waals surface area contributed by atoms with E-state index in [1.165, 1.54) is 0 Å². The molecule has 2 aromatic carbocycles. The number of thiazole rings is 1. The Kier molecular flexibility index (Phi) is 2.98. The molecule has 1 heterocycles. The van der Waals surface area contributed by atoms with Gasteiger partial charge in [0, 0.05) is 11.1 Å². The van der Waals surface area contributed by atoms with Crippen molar-refractivity contribution in [2.75, 3.05) is 0 Å². The van der Waals surface area contributed by atoms with E-state index in [4.69, 9.17) is 5.84 Å². The molecule has 0 aliphatic carbocycles. The van der Waals surface area contributed by atoms with Gasteiger partial charge in [0.25, 0.3) is 5.91 Å². The number of hydrazine groups is 1. The highest BCUT2D eigenvalue weighted by atomic mass is 32.1. The first kappa shape index (κ1) is 11.8. The molecule has 1 aromatic heterocycles. The van der Waals surface area contributed by atoms with Crippen molar-refractivity contribution in [3.8, 4) is 10.6 Å². The number of nitrogens with one attached hydrogen (secondary N) is 1. The molecular weight excluding hydrogens is 258 g/mol. The predicted molar refractivity (Wildman–Crippen MR) is 76.7 cm³/mol. The molecule has 0 radical (unpaired) electrons. The van der Waals surface area contributed by atoms with Gasteiger partial charge in [-0.15, -0.1) is 11.3 Å². The standard InChI is InChI=1S/C14H11N3OS/c15-17-13(18)10-6-7-11-12(8-10)19-14(16-11)9-4-2-1-3-5-9/h1-8H,15H2,(H,17,18). The molecule has 3 aromatic rings. The number of hydrogen-bond donors (Lipinski definition) is 2. The monoisotopic (exact) mass is 269 g/mol. The van der Waals surface area contributed by atoms with Gasteiger partial charge < -0.3 is 0 Å². The van der Waals surface area contributed by atoms with Crippen LogP contribution in [-0.2, 0) is 0 Å². The number of carbonyl (C=O) groups excluding carboxylic acids is 1. The van der Waals surface area contributed by atoms with Crippen LogP contribution in [0.1, 0.15) is 10.4 Å². The van der Waals surface area contributed by atoms with Crippen molar-refractivity contribution < 1.29 is 4.79 Å². The average Bonchev–Trinajstić information content (AvgIpc) is 2.90. The lowest BCUT2D eigenvalue weighted by atomic mass is 10.2. The number of fused-ring (bicyclic) bond motifs is 1. The van der Waals surface area contributed by atoms with E-state index in [9.17, 15) is 4.79 Å². The molecule has 94 valence electrons. The van der Waals surface area contributed by atoms with Crippen molar-refractivity contribution in [3.05, 3.63) is 54.1 Å². The van der Waals surface area contributed by atoms with Gasteiger partial charge in [-0.1, -0.05) is 30.3 Å². The highest BCUT2D eigenvalue weighted by Crippen LogP contribution is 2.30. The van der Waals surface area contributed by atoms with Crippen molar-refractivity contribution in [2.24, 2.45) is 5.84 Å². The summed E-state index contributed by atoms with van der Waals surface area (Å²) in [6, 6.07) is 15.3. The summed E-state index contributed by atoms with van der Waals surface area (Å²) in [6.45, 7) is 0.